The van der Waals surface area contributed by atoms with Crippen LogP contribution < -0.4 is 0 Å². The van der Waals surface area contributed by atoms with E-state index in [1.54, 1.807) is 19.1 Å². The van der Waals surface area contributed by atoms with Gasteiger partial charge in [0.2, 0.25) is 0 Å². The van der Waals surface area contributed by atoms with E-state index < -0.39 is 75.6 Å². The molecule has 13 nitrogen and oxygen atoms in total. The topological polar surface area (TPSA) is 169 Å². The number of nitrogens with zero attached hydrogens (tertiary/aromatic N) is 1. The molecule has 4 aliphatic carbocycles. The average Bonchev–Trinajstić information content (AvgIpc) is 3.02. The van der Waals surface area contributed by atoms with Gasteiger partial charge in [0.05, 0.1) is 23.1 Å². The van der Waals surface area contributed by atoms with E-state index in [4.69, 9.17) is 14.2 Å². The molecule has 5 aliphatic rings. The van der Waals surface area contributed by atoms with Gasteiger partial charge in [0.15, 0.2) is 6.29 Å². The summed E-state index contributed by atoms with van der Waals surface area (Å²) < 4.78 is 80.0. The van der Waals surface area contributed by atoms with Crippen LogP contribution in [0, 0.1) is 17.3 Å². The number of carbonyl (C=O) groups excluding carboxylic acids is 5. The first kappa shape index (κ1) is 34.6. The van der Waals surface area contributed by atoms with Crippen molar-refractivity contribution in [2.75, 3.05) is 13.2 Å². The third kappa shape index (κ3) is 6.10. The van der Waals surface area contributed by atoms with Gasteiger partial charge in [-0.1, -0.05) is 30.8 Å². The molecule has 4 bridgehead atoms. The summed E-state index contributed by atoms with van der Waals surface area (Å²) in [5.74, 6) is -5.94. The predicted molar refractivity (Wildman–Crippen MR) is 163 cm³/mol. The van der Waals surface area contributed by atoms with Crippen molar-refractivity contribution >= 4 is 50.6 Å². The largest absolute Gasteiger partial charge is 0.467 e. The normalized spacial score (nSPS) is 26.4. The summed E-state index contributed by atoms with van der Waals surface area (Å²) in [5.41, 5.74) is -1.77. The molecule has 0 radical (unpaired) electrons. The molecule has 16 heteroatoms. The number of esters is 3. The maximum Gasteiger partial charge on any atom is 0.467 e. The van der Waals surface area contributed by atoms with Crippen LogP contribution in [0.2, 0.25) is 0 Å². The summed E-state index contributed by atoms with van der Waals surface area (Å²) in [7, 11) is -6.28. The van der Waals surface area contributed by atoms with Gasteiger partial charge in [0.25, 0.3) is 11.8 Å². The van der Waals surface area contributed by atoms with E-state index in [1.807, 2.05) is 0 Å². The molecule has 7 rings (SSSR count). The molecule has 1 heterocycles. The zero-order valence-corrected chi connectivity index (χ0v) is 27.4. The molecule has 262 valence electrons. The molecule has 3 unspecified atom stereocenters. The quantitative estimate of drug-likeness (QED) is 0.0772. The highest BCUT2D eigenvalue weighted by Crippen LogP contribution is 2.63. The number of hydrogen-bond donors (Lipinski definition) is 0. The highest BCUT2D eigenvalue weighted by molar-refractivity contribution is 7.88. The molecular weight excluding hydrogens is 672 g/mol. The van der Waals surface area contributed by atoms with E-state index >= 15 is 0 Å². The Morgan fingerprint density at radius 2 is 1.59 bits per heavy atom. The third-order valence-electron chi connectivity index (χ3n) is 9.50. The predicted octanol–water partition coefficient (Wildman–Crippen LogP) is 4.20. The Kier molecular flexibility index (Phi) is 8.64. The van der Waals surface area contributed by atoms with Gasteiger partial charge in [-0.2, -0.15) is 17.2 Å². The number of hydroxylamine groups is 2. The Bertz CT molecular complexity index is 1830. The third-order valence-corrected chi connectivity index (χ3v) is 10.6. The van der Waals surface area contributed by atoms with Gasteiger partial charge in [-0.05, 0) is 75.3 Å². The van der Waals surface area contributed by atoms with Crippen molar-refractivity contribution in [3.05, 3.63) is 59.7 Å². The summed E-state index contributed by atoms with van der Waals surface area (Å²) in [6, 6.07) is 8.60. The fourth-order valence-electron chi connectivity index (χ4n) is 7.89. The number of alkyl halides is 2. The van der Waals surface area contributed by atoms with Crippen LogP contribution in [0.3, 0.4) is 0 Å². The number of carbonyl (C=O) groups is 5. The first-order valence-electron chi connectivity index (χ1n) is 15.6. The SMILES string of the molecule is C=C(C)C(=O)OC12CC3CC(C1)CC(C(=O)OC(C)OCCOC(=O)C(F)(F)S(=O)(=O)ON1C(=O)c4cccc5cccc(c45)C1=O)(C3)C2. The van der Waals surface area contributed by atoms with Gasteiger partial charge < -0.3 is 18.9 Å². The van der Waals surface area contributed by atoms with Crippen molar-refractivity contribution in [2.24, 2.45) is 17.3 Å². The van der Waals surface area contributed by atoms with Crippen molar-refractivity contribution in [1.29, 1.82) is 0 Å². The van der Waals surface area contributed by atoms with Crippen molar-refractivity contribution < 1.29 is 64.4 Å². The number of halogens is 2. The lowest BCUT2D eigenvalue weighted by molar-refractivity contribution is -0.224. The number of amides is 2. The van der Waals surface area contributed by atoms with E-state index in [2.05, 4.69) is 15.6 Å². The minimum absolute atomic E-state index is 0.167. The average molecular weight is 706 g/mol. The lowest BCUT2D eigenvalue weighted by atomic mass is 9.48. The van der Waals surface area contributed by atoms with Gasteiger partial charge in [-0.3, -0.25) is 14.4 Å². The van der Waals surface area contributed by atoms with Crippen LogP contribution in [0.25, 0.3) is 10.8 Å². The molecule has 4 saturated carbocycles. The second kappa shape index (κ2) is 12.2. The van der Waals surface area contributed by atoms with Crippen LogP contribution in [0.5, 0.6) is 0 Å². The first-order chi connectivity index (χ1) is 23.0. The number of benzene rings is 2. The molecule has 0 saturated heterocycles. The highest BCUT2D eigenvalue weighted by Gasteiger charge is 2.63. The maximum absolute atomic E-state index is 14.8. The molecule has 4 fully saturated rings. The van der Waals surface area contributed by atoms with E-state index in [1.165, 1.54) is 31.2 Å². The molecule has 49 heavy (non-hydrogen) atoms. The molecule has 0 N–H and O–H groups in total. The van der Waals surface area contributed by atoms with Crippen molar-refractivity contribution in [2.45, 2.75) is 69.5 Å². The van der Waals surface area contributed by atoms with Crippen LogP contribution in [0.1, 0.15) is 73.1 Å². The molecule has 0 aromatic heterocycles. The second-order valence-corrected chi connectivity index (χ2v) is 14.8. The summed E-state index contributed by atoms with van der Waals surface area (Å²) in [4.78, 5) is 63.7. The monoisotopic (exact) mass is 705 g/mol. The molecule has 2 aromatic carbocycles. The Morgan fingerprint density at radius 1 is 1.00 bits per heavy atom. The van der Waals surface area contributed by atoms with Crippen LogP contribution in [0.15, 0.2) is 48.6 Å². The van der Waals surface area contributed by atoms with E-state index in [0.29, 0.717) is 31.1 Å². The zero-order valence-electron chi connectivity index (χ0n) is 26.6. The van der Waals surface area contributed by atoms with E-state index in [9.17, 15) is 41.2 Å². The Labute approximate surface area is 279 Å². The minimum Gasteiger partial charge on any atom is -0.458 e. The molecule has 1 aliphatic heterocycles. The smallest absolute Gasteiger partial charge is 0.458 e. The lowest BCUT2D eigenvalue weighted by Crippen LogP contribution is -2.60. The maximum atomic E-state index is 14.8. The van der Waals surface area contributed by atoms with Crippen LogP contribution in [-0.4, -0.2) is 73.6 Å². The minimum atomic E-state index is -6.28. The fraction of sp³-hybridized carbons (Fsp3) is 0.485. The van der Waals surface area contributed by atoms with E-state index in [-0.39, 0.29) is 45.4 Å². The van der Waals surface area contributed by atoms with Crippen LogP contribution in [-0.2, 0) is 47.7 Å². The zero-order chi connectivity index (χ0) is 35.5. The summed E-state index contributed by atoms with van der Waals surface area (Å²) >= 11 is 0. The molecule has 0 spiro atoms. The van der Waals surface area contributed by atoms with Crippen LogP contribution in [0.4, 0.5) is 8.78 Å². The second-order valence-electron chi connectivity index (χ2n) is 13.2. The number of hydrogen-bond acceptors (Lipinski definition) is 12. The summed E-state index contributed by atoms with van der Waals surface area (Å²) in [5, 5.41) is -5.02. The van der Waals surface area contributed by atoms with Crippen molar-refractivity contribution in [1.82, 2.24) is 5.06 Å². The Morgan fingerprint density at radius 3 is 2.16 bits per heavy atom. The molecule has 2 amide bonds. The summed E-state index contributed by atoms with van der Waals surface area (Å²) in [6.07, 6.45) is 2.41. The van der Waals surface area contributed by atoms with Crippen molar-refractivity contribution in [3.63, 3.8) is 0 Å². The van der Waals surface area contributed by atoms with Gasteiger partial charge in [-0.25, -0.2) is 9.59 Å². The molecular formula is C33H33F2NO12S. The number of ether oxygens (including phenoxy) is 4. The van der Waals surface area contributed by atoms with Crippen LogP contribution >= 0.6 is 0 Å². The van der Waals surface area contributed by atoms with Crippen molar-refractivity contribution in [3.8, 4) is 0 Å². The number of rotatable bonds is 12. The molecule has 2 aromatic rings. The van der Waals surface area contributed by atoms with E-state index in [0.717, 1.165) is 6.42 Å². The van der Waals surface area contributed by atoms with Gasteiger partial charge in [0, 0.05) is 17.4 Å². The standard InChI is InChI=1S/C33H33F2NO12S/c1-18(2)28(39)47-32-15-20-12-21(16-32)14-31(13-20,17-32)29(40)46-19(3)44-10-11-45-30(41)33(34,35)49(42,43)48-36-26(37)23-8-4-6-22-7-5-9-24(25(22)23)27(36)38/h4-9,19-21H,1,10-17H2,2-3H3. The summed E-state index contributed by atoms with van der Waals surface area (Å²) in [6.45, 7) is 5.12. The van der Waals surface area contributed by atoms with Gasteiger partial charge >= 0.3 is 33.3 Å². The highest BCUT2D eigenvalue weighted by atomic mass is 32.2. The van der Waals surface area contributed by atoms with Gasteiger partial charge in [0.1, 0.15) is 12.2 Å². The lowest BCUT2D eigenvalue weighted by Gasteiger charge is -2.59. The molecule has 3 atom stereocenters. The fourth-order valence-corrected chi connectivity index (χ4v) is 8.57. The first-order valence-corrected chi connectivity index (χ1v) is 17.0. The Hall–Kier alpha value is -4.28. The Balaban J connectivity index is 1.02. The number of imide groups is 1. The van der Waals surface area contributed by atoms with Gasteiger partial charge in [-0.15, -0.1) is 9.35 Å².